The molecule has 1 unspecified atom stereocenters. The molecule has 0 aliphatic carbocycles. The number of anilines is 1. The highest BCUT2D eigenvalue weighted by Gasteiger charge is 2.11. The van der Waals surface area contributed by atoms with Crippen LogP contribution in [0.4, 0.5) is 5.82 Å². The van der Waals surface area contributed by atoms with Crippen LogP contribution in [0.2, 0.25) is 0 Å². The summed E-state index contributed by atoms with van der Waals surface area (Å²) in [7, 11) is 0. The minimum atomic E-state index is 0.163. The van der Waals surface area contributed by atoms with E-state index >= 15 is 0 Å². The molecule has 0 aliphatic rings. The molecule has 0 amide bonds. The van der Waals surface area contributed by atoms with Gasteiger partial charge in [-0.25, -0.2) is 4.98 Å². The average Bonchev–Trinajstić information content (AvgIpc) is 2.48. The molecule has 0 radical (unpaired) electrons. The van der Waals surface area contributed by atoms with E-state index in [1.165, 1.54) is 5.56 Å². The van der Waals surface area contributed by atoms with Gasteiger partial charge in [0.25, 0.3) is 0 Å². The number of aliphatic hydroxyl groups is 1. The maximum atomic E-state index is 9.06. The third-order valence-electron chi connectivity index (χ3n) is 3.22. The molecule has 0 bridgehead atoms. The highest BCUT2D eigenvalue weighted by molar-refractivity contribution is 9.10. The summed E-state index contributed by atoms with van der Waals surface area (Å²) in [5.41, 5.74) is 2.36. The fourth-order valence-corrected chi connectivity index (χ4v) is 2.32. The largest absolute Gasteiger partial charge is 0.396 e. The summed E-state index contributed by atoms with van der Waals surface area (Å²) in [6, 6.07) is 12.5. The lowest BCUT2D eigenvalue weighted by atomic mass is 10.0. The van der Waals surface area contributed by atoms with Gasteiger partial charge in [-0.15, -0.1) is 0 Å². The number of aryl methyl sites for hydroxylation is 1. The van der Waals surface area contributed by atoms with Crippen LogP contribution in [-0.4, -0.2) is 16.7 Å². The van der Waals surface area contributed by atoms with Crippen LogP contribution in [0.1, 0.15) is 30.0 Å². The summed E-state index contributed by atoms with van der Waals surface area (Å²) in [4.78, 5) is 4.39. The van der Waals surface area contributed by atoms with Crippen molar-refractivity contribution in [3.8, 4) is 0 Å². The zero-order valence-corrected chi connectivity index (χ0v) is 13.1. The van der Waals surface area contributed by atoms with Crippen molar-refractivity contribution in [2.45, 2.75) is 25.8 Å². The molecule has 0 saturated carbocycles. The van der Waals surface area contributed by atoms with E-state index in [0.717, 1.165) is 28.7 Å². The minimum absolute atomic E-state index is 0.163. The quantitative estimate of drug-likeness (QED) is 0.836. The molecule has 2 aromatic rings. The van der Waals surface area contributed by atoms with Crippen LogP contribution in [0.5, 0.6) is 0 Å². The lowest BCUT2D eigenvalue weighted by molar-refractivity contribution is 0.281. The molecule has 0 saturated heterocycles. The van der Waals surface area contributed by atoms with Gasteiger partial charge in [-0.1, -0.05) is 30.3 Å². The highest BCUT2D eigenvalue weighted by Crippen LogP contribution is 2.25. The van der Waals surface area contributed by atoms with E-state index in [1.54, 1.807) is 0 Å². The van der Waals surface area contributed by atoms with E-state index in [9.17, 15) is 0 Å². The van der Waals surface area contributed by atoms with Crippen molar-refractivity contribution >= 4 is 21.7 Å². The standard InChI is InChI=1S/C16H19BrN2O/c1-12-10-16(18-11-14(12)17)19-15(8-5-9-20)13-6-3-2-4-7-13/h2-4,6-7,10-11,15,20H,5,8-9H2,1H3,(H,18,19). The van der Waals surface area contributed by atoms with E-state index in [4.69, 9.17) is 5.11 Å². The maximum Gasteiger partial charge on any atom is 0.126 e. The summed E-state index contributed by atoms with van der Waals surface area (Å²) in [5.74, 6) is 0.859. The number of halogens is 1. The summed E-state index contributed by atoms with van der Waals surface area (Å²) in [5, 5.41) is 12.5. The van der Waals surface area contributed by atoms with Crippen molar-refractivity contribution in [1.82, 2.24) is 4.98 Å². The Morgan fingerprint density at radius 2 is 2.05 bits per heavy atom. The molecule has 3 nitrogen and oxygen atoms in total. The molecular formula is C16H19BrN2O. The van der Waals surface area contributed by atoms with Gasteiger partial charge in [-0.3, -0.25) is 0 Å². The van der Waals surface area contributed by atoms with Crippen LogP contribution in [0.15, 0.2) is 47.1 Å². The Morgan fingerprint density at radius 1 is 1.30 bits per heavy atom. The van der Waals surface area contributed by atoms with Crippen molar-refractivity contribution < 1.29 is 5.11 Å². The predicted octanol–water partition coefficient (Wildman–Crippen LogP) is 4.08. The lowest BCUT2D eigenvalue weighted by Crippen LogP contribution is -2.12. The van der Waals surface area contributed by atoms with Crippen molar-refractivity contribution in [2.75, 3.05) is 11.9 Å². The topological polar surface area (TPSA) is 45.1 Å². The van der Waals surface area contributed by atoms with Gasteiger partial charge < -0.3 is 10.4 Å². The van der Waals surface area contributed by atoms with Crippen molar-refractivity contribution in [3.05, 3.63) is 58.2 Å². The molecule has 1 aromatic carbocycles. The van der Waals surface area contributed by atoms with Gasteiger partial charge in [0.15, 0.2) is 0 Å². The van der Waals surface area contributed by atoms with Crippen LogP contribution in [0.3, 0.4) is 0 Å². The molecular weight excluding hydrogens is 316 g/mol. The highest BCUT2D eigenvalue weighted by atomic mass is 79.9. The van der Waals surface area contributed by atoms with Gasteiger partial charge >= 0.3 is 0 Å². The van der Waals surface area contributed by atoms with E-state index in [0.29, 0.717) is 0 Å². The van der Waals surface area contributed by atoms with Crippen LogP contribution < -0.4 is 5.32 Å². The molecule has 2 rings (SSSR count). The van der Waals surface area contributed by atoms with Crippen molar-refractivity contribution in [3.63, 3.8) is 0 Å². The molecule has 0 fully saturated rings. The molecule has 4 heteroatoms. The van der Waals surface area contributed by atoms with Gasteiger partial charge in [0.2, 0.25) is 0 Å². The fourth-order valence-electron chi connectivity index (χ4n) is 2.10. The number of hydrogen-bond donors (Lipinski definition) is 2. The first-order valence-corrected chi connectivity index (χ1v) is 7.54. The first kappa shape index (κ1) is 15.0. The van der Waals surface area contributed by atoms with E-state index in [-0.39, 0.29) is 12.6 Å². The zero-order valence-electron chi connectivity index (χ0n) is 11.5. The average molecular weight is 335 g/mol. The van der Waals surface area contributed by atoms with Crippen LogP contribution in [0, 0.1) is 6.92 Å². The normalized spacial score (nSPS) is 12.2. The smallest absolute Gasteiger partial charge is 0.126 e. The minimum Gasteiger partial charge on any atom is -0.396 e. The number of nitrogens with one attached hydrogen (secondary N) is 1. The summed E-state index contributed by atoms with van der Waals surface area (Å²) < 4.78 is 1.01. The van der Waals surface area contributed by atoms with E-state index in [1.807, 2.05) is 37.4 Å². The predicted molar refractivity (Wildman–Crippen MR) is 85.8 cm³/mol. The molecule has 1 aromatic heterocycles. The number of rotatable bonds is 6. The number of aliphatic hydroxyl groups excluding tert-OH is 1. The van der Waals surface area contributed by atoms with Crippen LogP contribution in [0.25, 0.3) is 0 Å². The molecule has 1 heterocycles. The molecule has 2 N–H and O–H groups in total. The Labute approximate surface area is 128 Å². The van der Waals surface area contributed by atoms with Crippen molar-refractivity contribution in [1.29, 1.82) is 0 Å². The van der Waals surface area contributed by atoms with E-state index in [2.05, 4.69) is 38.4 Å². The third kappa shape index (κ3) is 4.05. The van der Waals surface area contributed by atoms with Crippen LogP contribution >= 0.6 is 15.9 Å². The van der Waals surface area contributed by atoms with Crippen molar-refractivity contribution in [2.24, 2.45) is 0 Å². The van der Waals surface area contributed by atoms with Gasteiger partial charge in [-0.2, -0.15) is 0 Å². The summed E-state index contributed by atoms with van der Waals surface area (Å²) >= 11 is 3.46. The van der Waals surface area contributed by atoms with Gasteiger partial charge in [0, 0.05) is 17.3 Å². The number of pyridine rings is 1. The molecule has 20 heavy (non-hydrogen) atoms. The Morgan fingerprint density at radius 3 is 2.70 bits per heavy atom. The number of hydrogen-bond acceptors (Lipinski definition) is 3. The summed E-state index contributed by atoms with van der Waals surface area (Å²) in [6.45, 7) is 2.25. The molecule has 0 aliphatic heterocycles. The maximum absolute atomic E-state index is 9.06. The summed E-state index contributed by atoms with van der Waals surface area (Å²) in [6.07, 6.45) is 3.45. The fraction of sp³-hybridized carbons (Fsp3) is 0.312. The first-order chi connectivity index (χ1) is 9.70. The second-order valence-corrected chi connectivity index (χ2v) is 5.65. The lowest BCUT2D eigenvalue weighted by Gasteiger charge is -2.20. The Hall–Kier alpha value is -1.39. The second kappa shape index (κ2) is 7.41. The third-order valence-corrected chi connectivity index (χ3v) is 4.05. The Bertz CT molecular complexity index is 545. The number of aromatic nitrogens is 1. The monoisotopic (exact) mass is 334 g/mol. The Kier molecular flexibility index (Phi) is 5.56. The second-order valence-electron chi connectivity index (χ2n) is 4.79. The molecule has 1 atom stereocenters. The molecule has 0 spiro atoms. The number of benzene rings is 1. The zero-order chi connectivity index (χ0) is 14.4. The van der Waals surface area contributed by atoms with Gasteiger partial charge in [0.05, 0.1) is 6.04 Å². The van der Waals surface area contributed by atoms with Gasteiger partial charge in [0.1, 0.15) is 5.82 Å². The van der Waals surface area contributed by atoms with Crippen LogP contribution in [-0.2, 0) is 0 Å². The van der Waals surface area contributed by atoms with E-state index < -0.39 is 0 Å². The van der Waals surface area contributed by atoms with Gasteiger partial charge in [-0.05, 0) is 52.9 Å². The number of nitrogens with zero attached hydrogens (tertiary/aromatic N) is 1. The first-order valence-electron chi connectivity index (χ1n) is 6.75. The SMILES string of the molecule is Cc1cc(NC(CCCO)c2ccccc2)ncc1Br. The molecule has 106 valence electrons. The Balaban J connectivity index is 2.17.